The second-order valence-corrected chi connectivity index (χ2v) is 9.11. The molecule has 8 nitrogen and oxygen atoms in total. The third-order valence-corrected chi connectivity index (χ3v) is 5.76. The largest absolute Gasteiger partial charge is 0.488 e. The molecule has 2 atom stereocenters. The van der Waals surface area contributed by atoms with E-state index in [1.54, 1.807) is 12.3 Å². The molecule has 3 aromatic rings. The van der Waals surface area contributed by atoms with E-state index in [-0.39, 0.29) is 34.8 Å². The summed E-state index contributed by atoms with van der Waals surface area (Å²) in [5.74, 6) is 0.239. The van der Waals surface area contributed by atoms with Crippen molar-refractivity contribution in [3.8, 4) is 17.1 Å². The first-order chi connectivity index (χ1) is 14.6. The predicted molar refractivity (Wildman–Crippen MR) is 117 cm³/mol. The normalized spacial score (nSPS) is 16.6. The number of ketones is 1. The Morgan fingerprint density at radius 1 is 1.35 bits per heavy atom. The van der Waals surface area contributed by atoms with Crippen LogP contribution in [0.25, 0.3) is 22.3 Å². The summed E-state index contributed by atoms with van der Waals surface area (Å²) in [6, 6.07) is 6.99. The molecule has 0 radical (unpaired) electrons. The minimum Gasteiger partial charge on any atom is -0.488 e. The predicted octanol–water partition coefficient (Wildman–Crippen LogP) is 2.40. The van der Waals surface area contributed by atoms with Crippen LogP contribution in [-0.2, 0) is 6.54 Å². The van der Waals surface area contributed by atoms with Crippen LogP contribution in [-0.4, -0.2) is 49.7 Å². The van der Waals surface area contributed by atoms with Crippen LogP contribution >= 0.6 is 0 Å². The zero-order valence-corrected chi connectivity index (χ0v) is 18.1. The van der Waals surface area contributed by atoms with Crippen LogP contribution in [0.2, 0.25) is 0 Å². The van der Waals surface area contributed by atoms with Gasteiger partial charge in [-0.3, -0.25) is 14.3 Å². The highest BCUT2D eigenvalue weighted by Crippen LogP contribution is 2.43. The molecular formula is C23H27N3O5. The van der Waals surface area contributed by atoms with Gasteiger partial charge in [-0.1, -0.05) is 32.9 Å². The third kappa shape index (κ3) is 3.66. The van der Waals surface area contributed by atoms with Crippen LogP contribution in [0.15, 0.2) is 35.3 Å². The first-order valence-electron chi connectivity index (χ1n) is 10.3. The maximum absolute atomic E-state index is 12.7. The summed E-state index contributed by atoms with van der Waals surface area (Å²) < 4.78 is 9.62. The standard InChI is InChI=1S/C23H27N3O5/c1-13(28)16-9-25-17(8-18(16)30)22-15-6-5-7-19(31-12-14(29)11-27)21(15)24-26(22)10-20(25)23(2,3)4/h5-9,14,20,27,29H,10-12H2,1-4H3. The molecule has 2 aromatic heterocycles. The van der Waals surface area contributed by atoms with Crippen LogP contribution in [0.3, 0.4) is 0 Å². The van der Waals surface area contributed by atoms with Gasteiger partial charge in [0.1, 0.15) is 24.0 Å². The molecule has 2 N–H and O–H groups in total. The summed E-state index contributed by atoms with van der Waals surface area (Å²) in [6.07, 6.45) is 0.693. The lowest BCUT2D eigenvalue weighted by Crippen LogP contribution is -2.35. The molecule has 1 aliphatic rings. The van der Waals surface area contributed by atoms with E-state index >= 15 is 0 Å². The van der Waals surface area contributed by atoms with E-state index < -0.39 is 12.7 Å². The number of aliphatic hydroxyl groups is 2. The summed E-state index contributed by atoms with van der Waals surface area (Å²) in [6.45, 7) is 7.88. The summed E-state index contributed by atoms with van der Waals surface area (Å²) in [7, 11) is 0. The van der Waals surface area contributed by atoms with Crippen LogP contribution in [0, 0.1) is 5.41 Å². The molecule has 164 valence electrons. The smallest absolute Gasteiger partial charge is 0.193 e. The van der Waals surface area contributed by atoms with E-state index in [2.05, 4.69) is 20.8 Å². The fourth-order valence-corrected chi connectivity index (χ4v) is 4.09. The van der Waals surface area contributed by atoms with Crippen LogP contribution < -0.4 is 10.2 Å². The molecule has 3 heterocycles. The van der Waals surface area contributed by atoms with E-state index in [1.165, 1.54) is 13.0 Å². The highest BCUT2D eigenvalue weighted by atomic mass is 16.5. The van der Waals surface area contributed by atoms with Crippen molar-refractivity contribution in [2.45, 2.75) is 46.4 Å². The lowest BCUT2D eigenvalue weighted by molar-refractivity contribution is 0.0540. The first kappa shape index (κ1) is 21.3. The van der Waals surface area contributed by atoms with Crippen molar-refractivity contribution in [1.29, 1.82) is 0 Å². The highest BCUT2D eigenvalue weighted by Gasteiger charge is 2.35. The SMILES string of the molecule is CC(=O)c1cn2c(cc1=O)-c1c3cccc(OCC(O)CO)c3nn1CC2C(C)(C)C. The Balaban J connectivity index is 1.94. The Morgan fingerprint density at radius 3 is 2.74 bits per heavy atom. The molecule has 1 aliphatic heterocycles. The zero-order valence-electron chi connectivity index (χ0n) is 18.1. The number of rotatable bonds is 5. The molecule has 31 heavy (non-hydrogen) atoms. The molecule has 0 spiro atoms. The van der Waals surface area contributed by atoms with E-state index in [0.29, 0.717) is 23.5 Å². The number of aliphatic hydroxyl groups excluding tert-OH is 2. The van der Waals surface area contributed by atoms with Crippen LogP contribution in [0.5, 0.6) is 5.75 Å². The number of Topliss-reactive ketones (excluding diaryl/α,β-unsaturated/α-hetero) is 1. The maximum atomic E-state index is 12.7. The molecule has 2 unspecified atom stereocenters. The average molecular weight is 425 g/mol. The third-order valence-electron chi connectivity index (χ3n) is 5.76. The van der Waals surface area contributed by atoms with Gasteiger partial charge in [0.25, 0.3) is 0 Å². The fourth-order valence-electron chi connectivity index (χ4n) is 4.09. The molecule has 0 bridgehead atoms. The number of fused-ring (bicyclic) bond motifs is 5. The van der Waals surface area contributed by atoms with Crippen molar-refractivity contribution < 1.29 is 19.7 Å². The number of hydrogen-bond donors (Lipinski definition) is 2. The van der Waals surface area contributed by atoms with Crippen molar-refractivity contribution >= 4 is 16.7 Å². The van der Waals surface area contributed by atoms with Crippen molar-refractivity contribution in [2.24, 2.45) is 5.41 Å². The van der Waals surface area contributed by atoms with E-state index in [4.69, 9.17) is 14.9 Å². The van der Waals surface area contributed by atoms with Gasteiger partial charge < -0.3 is 19.5 Å². The molecule has 0 aliphatic carbocycles. The van der Waals surface area contributed by atoms with Crippen LogP contribution in [0.4, 0.5) is 0 Å². The van der Waals surface area contributed by atoms with Gasteiger partial charge in [0.2, 0.25) is 0 Å². The van der Waals surface area contributed by atoms with Crippen molar-refractivity contribution in [3.63, 3.8) is 0 Å². The topological polar surface area (TPSA) is 107 Å². The number of ether oxygens (including phenoxy) is 1. The number of benzene rings is 1. The number of nitrogens with zero attached hydrogens (tertiary/aromatic N) is 3. The Bertz CT molecular complexity index is 1220. The second kappa shape index (κ2) is 7.62. The number of carbonyl (C=O) groups is 1. The number of aromatic nitrogens is 3. The Labute approximate surface area is 179 Å². The van der Waals surface area contributed by atoms with Crippen molar-refractivity contribution in [1.82, 2.24) is 14.3 Å². The molecule has 0 fully saturated rings. The first-order valence-corrected chi connectivity index (χ1v) is 10.3. The van der Waals surface area contributed by atoms with Gasteiger partial charge in [0.15, 0.2) is 11.2 Å². The maximum Gasteiger partial charge on any atom is 0.193 e. The van der Waals surface area contributed by atoms with Crippen molar-refractivity contribution in [2.75, 3.05) is 13.2 Å². The van der Waals surface area contributed by atoms with Gasteiger partial charge in [-0.15, -0.1) is 0 Å². The van der Waals surface area contributed by atoms with Gasteiger partial charge in [-0.05, 0) is 18.4 Å². The number of carbonyl (C=O) groups excluding carboxylic acids is 1. The summed E-state index contributed by atoms with van der Waals surface area (Å²) in [5.41, 5.74) is 1.82. The molecular weight excluding hydrogens is 398 g/mol. The van der Waals surface area contributed by atoms with Crippen molar-refractivity contribution in [3.05, 3.63) is 46.2 Å². The molecule has 4 rings (SSSR count). The average Bonchev–Trinajstić information content (AvgIpc) is 3.09. The summed E-state index contributed by atoms with van der Waals surface area (Å²) >= 11 is 0. The van der Waals surface area contributed by atoms with E-state index in [1.807, 2.05) is 21.4 Å². The minimum atomic E-state index is -0.984. The number of hydrogen-bond acceptors (Lipinski definition) is 6. The molecule has 0 saturated carbocycles. The minimum absolute atomic E-state index is 0.0245. The quantitative estimate of drug-likeness (QED) is 0.608. The van der Waals surface area contributed by atoms with Gasteiger partial charge >= 0.3 is 0 Å². The number of pyridine rings is 1. The Morgan fingerprint density at radius 2 is 2.10 bits per heavy atom. The summed E-state index contributed by atoms with van der Waals surface area (Å²) in [5, 5.41) is 24.3. The molecule has 0 amide bonds. The van der Waals surface area contributed by atoms with E-state index in [9.17, 15) is 14.7 Å². The lowest BCUT2D eigenvalue weighted by atomic mass is 9.84. The fraction of sp³-hybridized carbons (Fsp3) is 0.435. The Kier molecular flexibility index (Phi) is 5.23. The monoisotopic (exact) mass is 425 g/mol. The molecule has 1 aromatic carbocycles. The molecule has 8 heteroatoms. The Hall–Kier alpha value is -2.97. The zero-order chi connectivity index (χ0) is 22.5. The second-order valence-electron chi connectivity index (χ2n) is 9.11. The van der Waals surface area contributed by atoms with Gasteiger partial charge in [0, 0.05) is 17.6 Å². The van der Waals surface area contributed by atoms with Gasteiger partial charge in [-0.25, -0.2) is 0 Å². The van der Waals surface area contributed by atoms with Crippen LogP contribution in [0.1, 0.15) is 44.1 Å². The van der Waals surface area contributed by atoms with E-state index in [0.717, 1.165) is 11.1 Å². The summed E-state index contributed by atoms with van der Waals surface area (Å²) in [4.78, 5) is 24.7. The highest BCUT2D eigenvalue weighted by molar-refractivity contribution is 5.97. The van der Waals surface area contributed by atoms with Gasteiger partial charge in [0.05, 0.1) is 36.1 Å². The van der Waals surface area contributed by atoms with Gasteiger partial charge in [-0.2, -0.15) is 5.10 Å². The lowest BCUT2D eigenvalue weighted by Gasteiger charge is -2.38. The molecule has 0 saturated heterocycles.